The Hall–Kier alpha value is -2.86. The third kappa shape index (κ3) is 3.80. The maximum Gasteiger partial charge on any atom is 0.225 e. The van der Waals surface area contributed by atoms with Crippen LogP contribution in [0.2, 0.25) is 5.02 Å². The molecule has 0 radical (unpaired) electrons. The number of aromatic nitrogens is 3. The summed E-state index contributed by atoms with van der Waals surface area (Å²) in [6.45, 7) is 0. The van der Waals surface area contributed by atoms with E-state index in [0.29, 0.717) is 28.5 Å². The van der Waals surface area contributed by atoms with E-state index in [2.05, 4.69) is 25.6 Å². The molecule has 2 heterocycles. The summed E-state index contributed by atoms with van der Waals surface area (Å²) in [6, 6.07) is 10.9. The van der Waals surface area contributed by atoms with E-state index in [0.717, 1.165) is 24.1 Å². The third-order valence-corrected chi connectivity index (χ3v) is 4.05. The number of anilines is 3. The quantitative estimate of drug-likeness (QED) is 0.596. The van der Waals surface area contributed by atoms with Crippen LogP contribution in [0.25, 0.3) is 11.3 Å². The van der Waals surface area contributed by atoms with Gasteiger partial charge >= 0.3 is 0 Å². The monoisotopic (exact) mass is 353 g/mol. The van der Waals surface area contributed by atoms with Crippen molar-refractivity contribution in [1.82, 2.24) is 15.0 Å². The second kappa shape index (κ2) is 6.57. The Morgan fingerprint density at radius 2 is 2.00 bits per heavy atom. The summed E-state index contributed by atoms with van der Waals surface area (Å²) < 4.78 is 0. The summed E-state index contributed by atoms with van der Waals surface area (Å²) >= 11 is 6.01. The Balaban J connectivity index is 1.71. The zero-order chi connectivity index (χ0) is 17.2. The van der Waals surface area contributed by atoms with Crippen LogP contribution in [0.4, 0.5) is 17.5 Å². The van der Waals surface area contributed by atoms with Crippen molar-refractivity contribution >= 4 is 29.1 Å². The Morgan fingerprint density at radius 1 is 1.12 bits per heavy atom. The van der Waals surface area contributed by atoms with Crippen molar-refractivity contribution in [2.24, 2.45) is 0 Å². The van der Waals surface area contributed by atoms with Gasteiger partial charge in [-0.3, -0.25) is 4.98 Å². The average Bonchev–Trinajstić information content (AvgIpc) is 3.43. The van der Waals surface area contributed by atoms with Gasteiger partial charge in [0.25, 0.3) is 0 Å². The van der Waals surface area contributed by atoms with Crippen LogP contribution in [0.5, 0.6) is 5.75 Å². The molecule has 0 bridgehead atoms. The van der Waals surface area contributed by atoms with Crippen molar-refractivity contribution in [1.29, 1.82) is 0 Å². The van der Waals surface area contributed by atoms with E-state index in [4.69, 9.17) is 11.6 Å². The second-order valence-electron chi connectivity index (χ2n) is 5.91. The van der Waals surface area contributed by atoms with Gasteiger partial charge in [0.1, 0.15) is 11.6 Å². The standard InChI is InChI=1S/C18H16ClN5O/c19-12-3-6-16(25)15(8-12)22-17-9-14(11-2-1-7-20-10-11)23-18(24-17)21-13-4-5-13/h1-3,6-10,13,25H,4-5H2,(H2,21,22,23,24). The zero-order valence-electron chi connectivity index (χ0n) is 13.3. The molecule has 0 amide bonds. The van der Waals surface area contributed by atoms with Gasteiger partial charge in [0, 0.05) is 35.1 Å². The molecule has 0 atom stereocenters. The number of nitrogens with one attached hydrogen (secondary N) is 2. The third-order valence-electron chi connectivity index (χ3n) is 3.82. The molecule has 1 aliphatic rings. The van der Waals surface area contributed by atoms with Crippen molar-refractivity contribution in [2.75, 3.05) is 10.6 Å². The van der Waals surface area contributed by atoms with Crippen LogP contribution >= 0.6 is 11.6 Å². The summed E-state index contributed by atoms with van der Waals surface area (Å²) in [5.41, 5.74) is 2.12. The minimum absolute atomic E-state index is 0.0997. The molecule has 25 heavy (non-hydrogen) atoms. The Labute approximate surface area is 149 Å². The largest absolute Gasteiger partial charge is 0.506 e. The Kier molecular flexibility index (Phi) is 4.11. The van der Waals surface area contributed by atoms with Crippen molar-refractivity contribution in [2.45, 2.75) is 18.9 Å². The second-order valence-corrected chi connectivity index (χ2v) is 6.35. The fourth-order valence-corrected chi connectivity index (χ4v) is 2.57. The van der Waals surface area contributed by atoms with Gasteiger partial charge in [0.2, 0.25) is 5.95 Å². The number of halogens is 1. The highest BCUT2D eigenvalue weighted by Crippen LogP contribution is 2.31. The number of benzene rings is 1. The minimum Gasteiger partial charge on any atom is -0.506 e. The molecule has 1 aliphatic carbocycles. The van der Waals surface area contributed by atoms with Crippen molar-refractivity contribution in [3.05, 3.63) is 53.8 Å². The molecule has 0 spiro atoms. The van der Waals surface area contributed by atoms with Crippen LogP contribution in [-0.2, 0) is 0 Å². The highest BCUT2D eigenvalue weighted by Gasteiger charge is 2.22. The zero-order valence-corrected chi connectivity index (χ0v) is 14.0. The lowest BCUT2D eigenvalue weighted by Gasteiger charge is -2.12. The molecule has 4 rings (SSSR count). The molecule has 0 aliphatic heterocycles. The van der Waals surface area contributed by atoms with Crippen molar-refractivity contribution in [3.63, 3.8) is 0 Å². The lowest BCUT2D eigenvalue weighted by atomic mass is 10.2. The number of pyridine rings is 1. The molecule has 3 N–H and O–H groups in total. The Bertz CT molecular complexity index is 899. The van der Waals surface area contributed by atoms with E-state index in [1.807, 2.05) is 18.2 Å². The molecule has 1 saturated carbocycles. The SMILES string of the molecule is Oc1ccc(Cl)cc1Nc1cc(-c2cccnc2)nc(NC2CC2)n1. The Morgan fingerprint density at radius 3 is 2.76 bits per heavy atom. The average molecular weight is 354 g/mol. The molecule has 1 fully saturated rings. The van der Waals surface area contributed by atoms with Crippen LogP contribution < -0.4 is 10.6 Å². The van der Waals surface area contributed by atoms with Gasteiger partial charge in [-0.15, -0.1) is 0 Å². The fourth-order valence-electron chi connectivity index (χ4n) is 2.39. The molecule has 7 heteroatoms. The number of hydrogen-bond acceptors (Lipinski definition) is 6. The van der Waals surface area contributed by atoms with Crippen LogP contribution in [0.3, 0.4) is 0 Å². The van der Waals surface area contributed by atoms with Crippen molar-refractivity contribution < 1.29 is 5.11 Å². The predicted octanol–water partition coefficient (Wildman–Crippen LogP) is 4.22. The highest BCUT2D eigenvalue weighted by molar-refractivity contribution is 6.30. The van der Waals surface area contributed by atoms with E-state index in [9.17, 15) is 5.11 Å². The van der Waals surface area contributed by atoms with Gasteiger partial charge in [-0.1, -0.05) is 11.6 Å². The molecular formula is C18H16ClN5O. The molecule has 0 unspecified atom stereocenters. The van der Waals surface area contributed by atoms with Gasteiger partial charge in [-0.25, -0.2) is 4.98 Å². The van der Waals surface area contributed by atoms with E-state index in [1.165, 1.54) is 6.07 Å². The first-order valence-electron chi connectivity index (χ1n) is 7.99. The molecule has 1 aromatic carbocycles. The number of phenols is 1. The molecule has 126 valence electrons. The first-order valence-corrected chi connectivity index (χ1v) is 8.37. The summed E-state index contributed by atoms with van der Waals surface area (Å²) in [6.07, 6.45) is 5.72. The van der Waals surface area contributed by atoms with Crippen LogP contribution in [0.1, 0.15) is 12.8 Å². The number of phenolic OH excluding ortho intramolecular Hbond substituents is 1. The van der Waals surface area contributed by atoms with Crippen molar-refractivity contribution in [3.8, 4) is 17.0 Å². The predicted molar refractivity (Wildman–Crippen MR) is 98.3 cm³/mol. The fraction of sp³-hybridized carbons (Fsp3) is 0.167. The van der Waals surface area contributed by atoms with Gasteiger partial charge in [-0.2, -0.15) is 4.98 Å². The maximum absolute atomic E-state index is 10.0. The smallest absolute Gasteiger partial charge is 0.225 e. The first-order chi connectivity index (χ1) is 12.2. The molecule has 6 nitrogen and oxygen atoms in total. The summed E-state index contributed by atoms with van der Waals surface area (Å²) in [5, 5.41) is 17.0. The lowest BCUT2D eigenvalue weighted by molar-refractivity contribution is 0.477. The van der Waals surface area contributed by atoms with Gasteiger partial charge in [0.15, 0.2) is 0 Å². The van der Waals surface area contributed by atoms with E-state index in [-0.39, 0.29) is 5.75 Å². The normalized spacial score (nSPS) is 13.5. The minimum atomic E-state index is 0.0997. The molecular weight excluding hydrogens is 338 g/mol. The maximum atomic E-state index is 10.0. The van der Waals surface area contributed by atoms with E-state index in [1.54, 1.807) is 24.5 Å². The topological polar surface area (TPSA) is 83.0 Å². The first kappa shape index (κ1) is 15.7. The van der Waals surface area contributed by atoms with E-state index < -0.39 is 0 Å². The molecule has 0 saturated heterocycles. The van der Waals surface area contributed by atoms with Gasteiger partial charge in [-0.05, 0) is 43.2 Å². The highest BCUT2D eigenvalue weighted by atomic mass is 35.5. The summed E-state index contributed by atoms with van der Waals surface area (Å²) in [5.74, 6) is 1.21. The van der Waals surface area contributed by atoms with Crippen LogP contribution in [0, 0.1) is 0 Å². The number of nitrogens with zero attached hydrogens (tertiary/aromatic N) is 3. The summed E-state index contributed by atoms with van der Waals surface area (Å²) in [4.78, 5) is 13.2. The lowest BCUT2D eigenvalue weighted by Crippen LogP contribution is -2.07. The van der Waals surface area contributed by atoms with Crippen LogP contribution in [-0.4, -0.2) is 26.1 Å². The van der Waals surface area contributed by atoms with E-state index >= 15 is 0 Å². The number of hydrogen-bond donors (Lipinski definition) is 3. The molecule has 3 aromatic rings. The van der Waals surface area contributed by atoms with Gasteiger partial charge < -0.3 is 15.7 Å². The number of rotatable bonds is 5. The van der Waals surface area contributed by atoms with Gasteiger partial charge in [0.05, 0.1) is 11.4 Å². The van der Waals surface area contributed by atoms with Crippen LogP contribution in [0.15, 0.2) is 48.8 Å². The number of aromatic hydroxyl groups is 1. The molecule has 2 aromatic heterocycles. The summed E-state index contributed by atoms with van der Waals surface area (Å²) in [7, 11) is 0.